The van der Waals surface area contributed by atoms with Gasteiger partial charge in [-0.3, -0.25) is 9.78 Å². The van der Waals surface area contributed by atoms with Gasteiger partial charge in [-0.25, -0.2) is 15.0 Å². The number of thiazole rings is 1. The number of amides is 1. The first kappa shape index (κ1) is 15.4. The van der Waals surface area contributed by atoms with Crippen LogP contribution in [0.25, 0.3) is 22.2 Å². The Kier molecular flexibility index (Phi) is 3.73. The van der Waals surface area contributed by atoms with E-state index in [-0.39, 0.29) is 5.91 Å². The van der Waals surface area contributed by atoms with Gasteiger partial charge in [-0.2, -0.15) is 0 Å². The van der Waals surface area contributed by atoms with Crippen LogP contribution in [0.15, 0.2) is 42.4 Å². The molecule has 1 N–H and O–H groups in total. The van der Waals surface area contributed by atoms with E-state index in [1.54, 1.807) is 30.3 Å². The van der Waals surface area contributed by atoms with Crippen molar-refractivity contribution in [2.45, 2.75) is 6.92 Å². The fourth-order valence-corrected chi connectivity index (χ4v) is 3.09. The number of carbonyl (C=O) groups excluding carboxylic acids is 1. The molecule has 0 unspecified atom stereocenters. The Hall–Kier alpha value is -3.13. The molecule has 0 aliphatic carbocycles. The predicted molar refractivity (Wildman–Crippen MR) is 96.5 cm³/mol. The summed E-state index contributed by atoms with van der Waals surface area (Å²) in [6.45, 7) is 1.86. The number of aryl methyl sites for hydroxylation is 2. The Bertz CT molecular complexity index is 1080. The number of nitrogens with one attached hydrogen (secondary N) is 1. The van der Waals surface area contributed by atoms with E-state index in [1.807, 2.05) is 30.7 Å². The molecular formula is C17H14N6OS. The molecule has 8 heteroatoms. The summed E-state index contributed by atoms with van der Waals surface area (Å²) in [6.07, 6.45) is 6.95. The number of nitrogens with zero attached hydrogens (tertiary/aromatic N) is 5. The zero-order valence-corrected chi connectivity index (χ0v) is 14.4. The van der Waals surface area contributed by atoms with Crippen molar-refractivity contribution in [3.05, 3.63) is 53.1 Å². The number of hydrogen-bond acceptors (Lipinski definition) is 6. The van der Waals surface area contributed by atoms with E-state index in [0.29, 0.717) is 11.5 Å². The number of hydrogen-bond donors (Lipinski definition) is 1. The number of carbonyl (C=O) groups is 1. The average Bonchev–Trinajstić information content (AvgIpc) is 3.22. The minimum absolute atomic E-state index is 0.267. The number of aromatic nitrogens is 5. The van der Waals surface area contributed by atoms with Crippen LogP contribution in [0.1, 0.15) is 15.5 Å². The van der Waals surface area contributed by atoms with Crippen molar-refractivity contribution in [3.8, 4) is 11.4 Å². The number of pyridine rings is 2. The molecule has 0 saturated carbocycles. The lowest BCUT2D eigenvalue weighted by Gasteiger charge is -2.06. The van der Waals surface area contributed by atoms with Gasteiger partial charge < -0.3 is 9.88 Å². The highest BCUT2D eigenvalue weighted by molar-refractivity contribution is 7.09. The fourth-order valence-electron chi connectivity index (χ4n) is 2.50. The van der Waals surface area contributed by atoms with E-state index in [2.05, 4.69) is 25.3 Å². The number of fused-ring (bicyclic) bond motifs is 1. The van der Waals surface area contributed by atoms with Crippen LogP contribution in [0.4, 0.5) is 5.82 Å². The molecule has 4 rings (SSSR count). The molecule has 7 nitrogen and oxygen atoms in total. The van der Waals surface area contributed by atoms with E-state index >= 15 is 0 Å². The standard InChI is InChI=1S/C17H14N6OS/c1-10-21-14(8-25-10)17(24)22-16-4-11-3-13(15-7-18-9-23(15)2)19-5-12(11)6-20-16/h3-9H,1-2H3,(H,20,22,24). The highest BCUT2D eigenvalue weighted by Gasteiger charge is 2.11. The second kappa shape index (κ2) is 6.06. The van der Waals surface area contributed by atoms with Crippen molar-refractivity contribution < 1.29 is 4.79 Å². The third-order valence-corrected chi connectivity index (χ3v) is 4.55. The first-order valence-electron chi connectivity index (χ1n) is 7.56. The van der Waals surface area contributed by atoms with Crippen LogP contribution < -0.4 is 5.32 Å². The lowest BCUT2D eigenvalue weighted by Crippen LogP contribution is -2.13. The van der Waals surface area contributed by atoms with Crippen molar-refractivity contribution in [2.24, 2.45) is 7.05 Å². The van der Waals surface area contributed by atoms with Crippen LogP contribution in [0, 0.1) is 6.92 Å². The maximum Gasteiger partial charge on any atom is 0.276 e. The van der Waals surface area contributed by atoms with E-state index in [4.69, 9.17) is 0 Å². The van der Waals surface area contributed by atoms with Gasteiger partial charge in [0.1, 0.15) is 11.5 Å². The Morgan fingerprint density at radius 2 is 2.00 bits per heavy atom. The normalized spacial score (nSPS) is 11.0. The highest BCUT2D eigenvalue weighted by atomic mass is 32.1. The van der Waals surface area contributed by atoms with Crippen molar-refractivity contribution in [1.82, 2.24) is 24.5 Å². The molecule has 4 heterocycles. The monoisotopic (exact) mass is 350 g/mol. The molecule has 1 amide bonds. The van der Waals surface area contributed by atoms with Crippen LogP contribution in [-0.4, -0.2) is 30.4 Å². The van der Waals surface area contributed by atoms with Crippen LogP contribution in [0.5, 0.6) is 0 Å². The molecule has 0 aliphatic rings. The molecule has 0 aromatic carbocycles. The molecule has 4 aromatic rings. The van der Waals surface area contributed by atoms with Crippen molar-refractivity contribution >= 4 is 33.8 Å². The van der Waals surface area contributed by atoms with Crippen molar-refractivity contribution in [1.29, 1.82) is 0 Å². The van der Waals surface area contributed by atoms with E-state index < -0.39 is 0 Å². The van der Waals surface area contributed by atoms with Gasteiger partial charge in [0.2, 0.25) is 0 Å². The SMILES string of the molecule is Cc1nc(C(=O)Nc2cc3cc(-c4cncn4C)ncc3cn2)cs1. The average molecular weight is 350 g/mol. The van der Waals surface area contributed by atoms with Crippen LogP contribution in [-0.2, 0) is 7.05 Å². The molecule has 25 heavy (non-hydrogen) atoms. The third-order valence-electron chi connectivity index (χ3n) is 3.78. The van der Waals surface area contributed by atoms with Gasteiger partial charge in [0.25, 0.3) is 5.91 Å². The van der Waals surface area contributed by atoms with Crippen LogP contribution in [0.3, 0.4) is 0 Å². The van der Waals surface area contributed by atoms with Crippen LogP contribution >= 0.6 is 11.3 Å². The zero-order valence-electron chi connectivity index (χ0n) is 13.6. The van der Waals surface area contributed by atoms with Gasteiger partial charge in [0.15, 0.2) is 0 Å². The first-order chi connectivity index (χ1) is 12.1. The predicted octanol–water partition coefficient (Wildman–Crippen LogP) is 3.05. The molecule has 0 atom stereocenters. The van der Waals surface area contributed by atoms with Gasteiger partial charge in [-0.15, -0.1) is 11.3 Å². The summed E-state index contributed by atoms with van der Waals surface area (Å²) in [7, 11) is 1.92. The summed E-state index contributed by atoms with van der Waals surface area (Å²) in [5, 5.41) is 7.20. The molecule has 124 valence electrons. The van der Waals surface area contributed by atoms with E-state index in [1.165, 1.54) is 11.3 Å². The van der Waals surface area contributed by atoms with Gasteiger partial charge >= 0.3 is 0 Å². The van der Waals surface area contributed by atoms with Gasteiger partial charge in [-0.05, 0) is 24.4 Å². The summed E-state index contributed by atoms with van der Waals surface area (Å²) >= 11 is 1.44. The molecular weight excluding hydrogens is 336 g/mol. The van der Waals surface area contributed by atoms with Gasteiger partial charge in [0, 0.05) is 30.2 Å². The lowest BCUT2D eigenvalue weighted by atomic mass is 10.1. The van der Waals surface area contributed by atoms with Crippen molar-refractivity contribution in [3.63, 3.8) is 0 Å². The highest BCUT2D eigenvalue weighted by Crippen LogP contribution is 2.23. The molecule has 0 aliphatic heterocycles. The maximum atomic E-state index is 12.2. The molecule has 0 fully saturated rings. The van der Waals surface area contributed by atoms with Gasteiger partial charge in [-0.1, -0.05) is 0 Å². The number of rotatable bonds is 3. The smallest absolute Gasteiger partial charge is 0.276 e. The Labute approximate surface area is 147 Å². The largest absolute Gasteiger partial charge is 0.332 e. The fraction of sp³-hybridized carbons (Fsp3) is 0.118. The Morgan fingerprint density at radius 3 is 2.72 bits per heavy atom. The lowest BCUT2D eigenvalue weighted by molar-refractivity contribution is 0.102. The Balaban J connectivity index is 1.67. The summed E-state index contributed by atoms with van der Waals surface area (Å²) in [5.74, 6) is 0.211. The summed E-state index contributed by atoms with van der Waals surface area (Å²) in [5.41, 5.74) is 2.13. The molecule has 4 aromatic heterocycles. The summed E-state index contributed by atoms with van der Waals surface area (Å²) in [6, 6.07) is 3.78. The van der Waals surface area contributed by atoms with Gasteiger partial charge in [0.05, 0.1) is 28.9 Å². The quantitative estimate of drug-likeness (QED) is 0.614. The second-order valence-electron chi connectivity index (χ2n) is 5.58. The minimum atomic E-state index is -0.267. The Morgan fingerprint density at radius 1 is 1.16 bits per heavy atom. The molecule has 0 bridgehead atoms. The minimum Gasteiger partial charge on any atom is -0.332 e. The first-order valence-corrected chi connectivity index (χ1v) is 8.44. The zero-order chi connectivity index (χ0) is 17.4. The summed E-state index contributed by atoms with van der Waals surface area (Å²) < 4.78 is 1.91. The summed E-state index contributed by atoms with van der Waals surface area (Å²) in [4.78, 5) is 29.3. The second-order valence-corrected chi connectivity index (χ2v) is 6.64. The van der Waals surface area contributed by atoms with Crippen molar-refractivity contribution in [2.75, 3.05) is 5.32 Å². The molecule has 0 radical (unpaired) electrons. The molecule has 0 saturated heterocycles. The molecule has 0 spiro atoms. The van der Waals surface area contributed by atoms with E-state index in [0.717, 1.165) is 27.2 Å². The topological polar surface area (TPSA) is 85.6 Å². The van der Waals surface area contributed by atoms with E-state index in [9.17, 15) is 4.79 Å². The number of imidazole rings is 1. The number of anilines is 1. The third kappa shape index (κ3) is 2.99. The van der Waals surface area contributed by atoms with Crippen LogP contribution in [0.2, 0.25) is 0 Å². The maximum absolute atomic E-state index is 12.2.